The molecule has 0 bridgehead atoms. The Bertz CT molecular complexity index is 1230. The number of hydrogen-bond acceptors (Lipinski definition) is 5. The van der Waals surface area contributed by atoms with Gasteiger partial charge in [-0.15, -0.1) is 0 Å². The molecule has 0 saturated carbocycles. The van der Waals surface area contributed by atoms with E-state index < -0.39 is 16.8 Å². The Labute approximate surface area is 218 Å². The minimum Gasteiger partial charge on any atom is -0.438 e. The molecule has 0 aliphatic carbocycles. The fraction of sp³-hybridized carbons (Fsp3) is 0.387. The molecule has 0 spiro atoms. The summed E-state index contributed by atoms with van der Waals surface area (Å²) in [6, 6.07) is 25.7. The van der Waals surface area contributed by atoms with E-state index in [9.17, 15) is 15.0 Å². The molecule has 2 fully saturated rings. The van der Waals surface area contributed by atoms with Crippen LogP contribution in [-0.4, -0.2) is 46.6 Å². The zero-order valence-electron chi connectivity index (χ0n) is 21.7. The second-order valence-corrected chi connectivity index (χ2v) is 11.1. The molecule has 1 amide bonds. The highest BCUT2D eigenvalue weighted by atomic mass is 16.6. The van der Waals surface area contributed by atoms with Crippen LogP contribution < -0.4 is 0 Å². The normalized spacial score (nSPS) is 22.2. The number of aliphatic hydroxyl groups is 2. The van der Waals surface area contributed by atoms with Gasteiger partial charge >= 0.3 is 6.09 Å². The summed E-state index contributed by atoms with van der Waals surface area (Å²) >= 11 is 0. The number of benzene rings is 3. The van der Waals surface area contributed by atoms with Crippen LogP contribution in [0.25, 0.3) is 11.1 Å². The van der Waals surface area contributed by atoms with Gasteiger partial charge < -0.3 is 24.6 Å². The van der Waals surface area contributed by atoms with Crippen molar-refractivity contribution in [3.63, 3.8) is 0 Å². The molecule has 1 unspecified atom stereocenters. The summed E-state index contributed by atoms with van der Waals surface area (Å²) in [4.78, 5) is 15.1. The Morgan fingerprint density at radius 3 is 2.03 bits per heavy atom. The van der Waals surface area contributed by atoms with Gasteiger partial charge in [-0.2, -0.15) is 0 Å². The van der Waals surface area contributed by atoms with E-state index >= 15 is 0 Å². The molecule has 0 radical (unpaired) electrons. The molecule has 3 aromatic carbocycles. The van der Waals surface area contributed by atoms with Crippen molar-refractivity contribution in [3.05, 3.63) is 95.6 Å². The van der Waals surface area contributed by atoms with Gasteiger partial charge in [-0.3, -0.25) is 0 Å². The Kier molecular flexibility index (Phi) is 6.61. The molecular formula is C31H35NO5. The number of carbonyl (C=O) groups excluding carboxylic acids is 1. The lowest BCUT2D eigenvalue weighted by molar-refractivity contribution is -0.184. The van der Waals surface area contributed by atoms with Crippen LogP contribution in [0.3, 0.4) is 0 Å². The van der Waals surface area contributed by atoms with Gasteiger partial charge in [-0.1, -0.05) is 78.9 Å². The number of amides is 1. The highest BCUT2D eigenvalue weighted by molar-refractivity contribution is 5.70. The molecule has 2 aliphatic heterocycles. The van der Waals surface area contributed by atoms with Gasteiger partial charge in [0.05, 0.1) is 24.9 Å². The van der Waals surface area contributed by atoms with E-state index in [2.05, 4.69) is 12.1 Å². The molecule has 2 saturated heterocycles. The smallest absolute Gasteiger partial charge is 0.411 e. The molecule has 194 valence electrons. The van der Waals surface area contributed by atoms with Crippen molar-refractivity contribution in [3.8, 4) is 11.1 Å². The van der Waals surface area contributed by atoms with E-state index in [-0.39, 0.29) is 12.1 Å². The van der Waals surface area contributed by atoms with Crippen molar-refractivity contribution in [1.29, 1.82) is 0 Å². The van der Waals surface area contributed by atoms with Gasteiger partial charge in [0.25, 0.3) is 0 Å². The monoisotopic (exact) mass is 501 g/mol. The number of hydrogen-bond donors (Lipinski definition) is 2. The van der Waals surface area contributed by atoms with Crippen LogP contribution in [0.1, 0.15) is 56.3 Å². The number of carbonyl (C=O) groups is 1. The SMILES string of the molecule is C[C@@H](c1ccc(-c2ccc(C3(O)COC3)cc2)cc1)N1CCC(CC(C)(C)O)(c2ccccc2)OC1=O. The van der Waals surface area contributed by atoms with Crippen LogP contribution in [0.5, 0.6) is 0 Å². The van der Waals surface area contributed by atoms with Gasteiger partial charge in [-0.25, -0.2) is 4.79 Å². The number of ether oxygens (including phenoxy) is 2. The third-order valence-electron chi connectivity index (χ3n) is 7.59. The van der Waals surface area contributed by atoms with Gasteiger partial charge in [0, 0.05) is 19.4 Å². The second-order valence-electron chi connectivity index (χ2n) is 11.1. The number of nitrogens with zero attached hydrogens (tertiary/aromatic N) is 1. The maximum atomic E-state index is 13.3. The standard InChI is InChI=1S/C31H35NO5/c1-22(23-9-11-24(12-10-23)25-13-15-26(16-14-25)30(35)20-36-21-30)32-18-17-31(37-28(32)33,19-29(2,3)34)27-7-5-4-6-8-27/h4-16,22,34-35H,17-21H2,1-3H3/t22-,31?/m0/s1. The van der Waals surface area contributed by atoms with Crippen LogP contribution in [-0.2, 0) is 20.7 Å². The van der Waals surface area contributed by atoms with Crippen molar-refractivity contribution in [2.24, 2.45) is 0 Å². The van der Waals surface area contributed by atoms with Crippen molar-refractivity contribution >= 4 is 6.09 Å². The zero-order valence-corrected chi connectivity index (χ0v) is 21.7. The largest absolute Gasteiger partial charge is 0.438 e. The highest BCUT2D eigenvalue weighted by Crippen LogP contribution is 2.42. The average molecular weight is 502 g/mol. The van der Waals surface area contributed by atoms with Crippen molar-refractivity contribution in [2.75, 3.05) is 19.8 Å². The average Bonchev–Trinajstić information content (AvgIpc) is 2.87. The van der Waals surface area contributed by atoms with E-state index in [4.69, 9.17) is 9.47 Å². The van der Waals surface area contributed by atoms with Gasteiger partial charge in [0.2, 0.25) is 0 Å². The summed E-state index contributed by atoms with van der Waals surface area (Å²) in [5, 5.41) is 21.1. The molecule has 37 heavy (non-hydrogen) atoms. The van der Waals surface area contributed by atoms with Gasteiger partial charge in [0.15, 0.2) is 0 Å². The molecule has 3 aromatic rings. The van der Waals surface area contributed by atoms with E-state index in [0.717, 1.165) is 27.8 Å². The first-order valence-corrected chi connectivity index (χ1v) is 12.9. The molecule has 6 heteroatoms. The first-order chi connectivity index (χ1) is 17.6. The van der Waals surface area contributed by atoms with E-state index in [1.165, 1.54) is 0 Å². The van der Waals surface area contributed by atoms with Gasteiger partial charge in [-0.05, 0) is 48.6 Å². The lowest BCUT2D eigenvalue weighted by atomic mass is 9.80. The van der Waals surface area contributed by atoms with E-state index in [1.807, 2.05) is 73.7 Å². The lowest BCUT2D eigenvalue weighted by Crippen LogP contribution is -2.51. The third-order valence-corrected chi connectivity index (χ3v) is 7.59. The molecule has 0 aromatic heterocycles. The number of cyclic esters (lactones) is 1. The minimum atomic E-state index is -0.985. The minimum absolute atomic E-state index is 0.160. The molecule has 2 aliphatic rings. The third kappa shape index (κ3) is 5.14. The molecular weight excluding hydrogens is 466 g/mol. The van der Waals surface area contributed by atoms with Crippen molar-refractivity contribution in [2.45, 2.75) is 56.5 Å². The number of rotatable bonds is 7. The Morgan fingerprint density at radius 1 is 0.919 bits per heavy atom. The summed E-state index contributed by atoms with van der Waals surface area (Å²) in [5.74, 6) is 0. The predicted molar refractivity (Wildman–Crippen MR) is 142 cm³/mol. The molecule has 2 atom stereocenters. The Morgan fingerprint density at radius 2 is 1.51 bits per heavy atom. The predicted octanol–water partition coefficient (Wildman–Crippen LogP) is 5.53. The van der Waals surface area contributed by atoms with Gasteiger partial charge in [0.1, 0.15) is 11.2 Å². The topological polar surface area (TPSA) is 79.2 Å². The Hall–Kier alpha value is -3.19. The second kappa shape index (κ2) is 9.60. The summed E-state index contributed by atoms with van der Waals surface area (Å²) in [7, 11) is 0. The summed E-state index contributed by atoms with van der Waals surface area (Å²) in [6.45, 7) is 6.71. The maximum Gasteiger partial charge on any atom is 0.411 e. The summed E-state index contributed by atoms with van der Waals surface area (Å²) in [6.07, 6.45) is 0.554. The van der Waals surface area contributed by atoms with Crippen LogP contribution in [0.15, 0.2) is 78.9 Å². The first kappa shape index (κ1) is 25.5. The fourth-order valence-corrected chi connectivity index (χ4v) is 5.46. The highest BCUT2D eigenvalue weighted by Gasteiger charge is 2.46. The fourth-order valence-electron chi connectivity index (χ4n) is 5.46. The first-order valence-electron chi connectivity index (χ1n) is 12.9. The lowest BCUT2D eigenvalue weighted by Gasteiger charge is -2.45. The van der Waals surface area contributed by atoms with E-state index in [1.54, 1.807) is 18.7 Å². The summed E-state index contributed by atoms with van der Waals surface area (Å²) < 4.78 is 11.3. The quantitative estimate of drug-likeness (QED) is 0.445. The summed E-state index contributed by atoms with van der Waals surface area (Å²) in [5.41, 5.74) is 2.21. The Balaban J connectivity index is 1.30. The molecule has 2 N–H and O–H groups in total. The van der Waals surface area contributed by atoms with Crippen LogP contribution in [0.2, 0.25) is 0 Å². The van der Waals surface area contributed by atoms with Crippen molar-refractivity contribution < 1.29 is 24.5 Å². The van der Waals surface area contributed by atoms with Crippen LogP contribution in [0.4, 0.5) is 4.79 Å². The molecule has 5 rings (SSSR count). The molecule has 6 nitrogen and oxygen atoms in total. The zero-order chi connectivity index (χ0) is 26.3. The van der Waals surface area contributed by atoms with Crippen molar-refractivity contribution in [1.82, 2.24) is 4.90 Å². The maximum absolute atomic E-state index is 13.3. The molecule has 2 heterocycles. The van der Waals surface area contributed by atoms with E-state index in [0.29, 0.717) is 32.6 Å². The van der Waals surface area contributed by atoms with Crippen LogP contribution >= 0.6 is 0 Å². The van der Waals surface area contributed by atoms with Crippen LogP contribution in [0, 0.1) is 0 Å².